The van der Waals surface area contributed by atoms with Gasteiger partial charge in [-0.25, -0.2) is 4.68 Å². The number of halogens is 2. The fourth-order valence-electron chi connectivity index (χ4n) is 3.38. The Morgan fingerprint density at radius 3 is 2.92 bits per heavy atom. The number of amides is 1. The second-order valence-electron chi connectivity index (χ2n) is 6.41. The molecule has 0 radical (unpaired) electrons. The van der Waals surface area contributed by atoms with Crippen LogP contribution in [0.3, 0.4) is 0 Å². The third-order valence-corrected chi connectivity index (χ3v) is 6.10. The summed E-state index contributed by atoms with van der Waals surface area (Å²) in [6.45, 7) is 1.95. The summed E-state index contributed by atoms with van der Waals surface area (Å²) in [6, 6.07) is 6.14. The molecule has 1 aromatic heterocycles. The average molecular weight is 414 g/mol. The van der Waals surface area contributed by atoms with E-state index in [4.69, 9.17) is 11.6 Å². The third kappa shape index (κ3) is 4.17. The topological polar surface area (TPSA) is 71.8 Å². The first kappa shape index (κ1) is 19.5. The summed E-state index contributed by atoms with van der Waals surface area (Å²) >= 11 is 7.93. The van der Waals surface area contributed by atoms with Crippen LogP contribution in [0.15, 0.2) is 29.3 Å². The number of nitrogens with one attached hydrogen (secondary N) is 2. The summed E-state index contributed by atoms with van der Waals surface area (Å²) in [4.78, 5) is 13.8. The van der Waals surface area contributed by atoms with Crippen molar-refractivity contribution < 1.29 is 4.79 Å². The maximum absolute atomic E-state index is 12.6. The molecule has 9 heteroatoms. The predicted molar refractivity (Wildman–Crippen MR) is 105 cm³/mol. The van der Waals surface area contributed by atoms with Crippen LogP contribution < -0.4 is 10.6 Å². The Labute approximate surface area is 167 Å². The summed E-state index contributed by atoms with van der Waals surface area (Å²) in [7, 11) is 0. The quantitative estimate of drug-likeness (QED) is 0.807. The minimum atomic E-state index is -0.178. The first-order valence-corrected chi connectivity index (χ1v) is 9.93. The minimum Gasteiger partial charge on any atom is -0.344 e. The lowest BCUT2D eigenvalue weighted by molar-refractivity contribution is 0.0930. The molecule has 2 aliphatic heterocycles. The van der Waals surface area contributed by atoms with Crippen molar-refractivity contribution in [1.29, 1.82) is 0 Å². The van der Waals surface area contributed by atoms with Crippen molar-refractivity contribution in [3.05, 3.63) is 40.7 Å². The van der Waals surface area contributed by atoms with Gasteiger partial charge in [0.2, 0.25) is 0 Å². The molecule has 6 nitrogen and oxygen atoms in total. The summed E-state index contributed by atoms with van der Waals surface area (Å²) < 4.78 is 1.83. The average Bonchev–Trinajstić information content (AvgIpc) is 3.13. The minimum absolute atomic E-state index is 0. The van der Waals surface area contributed by atoms with Crippen molar-refractivity contribution in [1.82, 2.24) is 25.6 Å². The Kier molecular flexibility index (Phi) is 6.45. The van der Waals surface area contributed by atoms with Gasteiger partial charge in [0.1, 0.15) is 0 Å². The van der Waals surface area contributed by atoms with Crippen LogP contribution in [-0.2, 0) is 0 Å². The zero-order chi connectivity index (χ0) is 17.2. The highest BCUT2D eigenvalue weighted by Crippen LogP contribution is 2.37. The van der Waals surface area contributed by atoms with Crippen molar-refractivity contribution >= 4 is 41.7 Å². The molecule has 0 bridgehead atoms. The fourth-order valence-corrected chi connectivity index (χ4v) is 4.66. The first-order valence-electron chi connectivity index (χ1n) is 8.56. The van der Waals surface area contributed by atoms with Crippen LogP contribution in [0.2, 0.25) is 5.02 Å². The van der Waals surface area contributed by atoms with E-state index in [1.807, 2.05) is 22.9 Å². The van der Waals surface area contributed by atoms with Crippen LogP contribution in [0.1, 0.15) is 47.4 Å². The van der Waals surface area contributed by atoms with E-state index in [0.717, 1.165) is 43.7 Å². The number of aromatic nitrogens is 3. The number of hydrogen-bond donors (Lipinski definition) is 2. The van der Waals surface area contributed by atoms with Crippen molar-refractivity contribution in [2.24, 2.45) is 0 Å². The standard InChI is InChI=1S/C17H20ClN5OS.ClH/c18-11-1-2-16-13(9-11)14(5-8-25-16)20-17(24)15-10-23(22-21-15)12-3-6-19-7-4-12;/h1-2,9-10,12,14,19H,3-8H2,(H,20,24);1H. The lowest BCUT2D eigenvalue weighted by Gasteiger charge is -2.25. The van der Waals surface area contributed by atoms with Gasteiger partial charge in [0.05, 0.1) is 18.3 Å². The number of rotatable bonds is 3. The van der Waals surface area contributed by atoms with Crippen LogP contribution >= 0.6 is 35.8 Å². The van der Waals surface area contributed by atoms with Crippen molar-refractivity contribution in [3.8, 4) is 0 Å². The number of carbonyl (C=O) groups is 1. The Morgan fingerprint density at radius 1 is 1.31 bits per heavy atom. The molecule has 0 aliphatic carbocycles. The molecule has 0 saturated carbocycles. The predicted octanol–water partition coefficient (Wildman–Crippen LogP) is 3.24. The highest BCUT2D eigenvalue weighted by Gasteiger charge is 2.25. The molecule has 1 saturated heterocycles. The number of benzene rings is 1. The van der Waals surface area contributed by atoms with Gasteiger partial charge in [-0.1, -0.05) is 16.8 Å². The number of fused-ring (bicyclic) bond motifs is 1. The molecule has 1 atom stereocenters. The van der Waals surface area contributed by atoms with Crippen LogP contribution in [-0.4, -0.2) is 39.7 Å². The zero-order valence-corrected chi connectivity index (χ0v) is 16.5. The van der Waals surface area contributed by atoms with Gasteiger partial charge in [-0.15, -0.1) is 29.3 Å². The number of piperidine rings is 1. The van der Waals surface area contributed by atoms with Crippen molar-refractivity contribution in [2.75, 3.05) is 18.8 Å². The van der Waals surface area contributed by atoms with Gasteiger partial charge in [-0.05, 0) is 56.1 Å². The van der Waals surface area contributed by atoms with Gasteiger partial charge in [0.25, 0.3) is 5.91 Å². The summed E-state index contributed by atoms with van der Waals surface area (Å²) in [5.41, 5.74) is 1.46. The van der Waals surface area contributed by atoms with E-state index in [0.29, 0.717) is 16.8 Å². The highest BCUT2D eigenvalue weighted by molar-refractivity contribution is 7.99. The smallest absolute Gasteiger partial charge is 0.273 e. The van der Waals surface area contributed by atoms with Crippen LogP contribution in [0.5, 0.6) is 0 Å². The number of hydrogen-bond acceptors (Lipinski definition) is 5. The number of nitrogens with zero attached hydrogens (tertiary/aromatic N) is 3. The molecule has 3 heterocycles. The Bertz CT molecular complexity index is 778. The maximum atomic E-state index is 12.6. The Hall–Kier alpha value is -1.28. The largest absolute Gasteiger partial charge is 0.344 e. The summed E-state index contributed by atoms with van der Waals surface area (Å²) in [5, 5.41) is 15.4. The van der Waals surface area contributed by atoms with E-state index in [-0.39, 0.29) is 24.4 Å². The maximum Gasteiger partial charge on any atom is 0.273 e. The van der Waals surface area contributed by atoms with Gasteiger partial charge in [0, 0.05) is 15.7 Å². The second-order valence-corrected chi connectivity index (χ2v) is 7.98. The monoisotopic (exact) mass is 413 g/mol. The molecule has 2 aromatic rings. The van der Waals surface area contributed by atoms with E-state index in [2.05, 4.69) is 20.9 Å². The highest BCUT2D eigenvalue weighted by atomic mass is 35.5. The van der Waals surface area contributed by atoms with Gasteiger partial charge in [0.15, 0.2) is 5.69 Å². The van der Waals surface area contributed by atoms with Gasteiger partial charge in [-0.2, -0.15) is 0 Å². The van der Waals surface area contributed by atoms with Gasteiger partial charge < -0.3 is 10.6 Å². The lowest BCUT2D eigenvalue weighted by atomic mass is 10.0. The number of carbonyl (C=O) groups excluding carboxylic acids is 1. The zero-order valence-electron chi connectivity index (χ0n) is 14.2. The SMILES string of the molecule is Cl.O=C(NC1CCSc2ccc(Cl)cc21)c1cn(C2CCNCC2)nn1. The van der Waals surface area contributed by atoms with Gasteiger partial charge >= 0.3 is 0 Å². The van der Waals surface area contributed by atoms with Crippen molar-refractivity contribution in [2.45, 2.75) is 36.2 Å². The van der Waals surface area contributed by atoms with Gasteiger partial charge in [-0.3, -0.25) is 4.79 Å². The molecule has 2 N–H and O–H groups in total. The molecule has 1 fully saturated rings. The Morgan fingerprint density at radius 2 is 2.12 bits per heavy atom. The van der Waals surface area contributed by atoms with Crippen molar-refractivity contribution in [3.63, 3.8) is 0 Å². The lowest BCUT2D eigenvalue weighted by Crippen LogP contribution is -2.31. The van der Waals surface area contributed by atoms with E-state index in [1.54, 1.807) is 18.0 Å². The van der Waals surface area contributed by atoms with E-state index >= 15 is 0 Å². The van der Waals surface area contributed by atoms with Crippen LogP contribution in [0, 0.1) is 0 Å². The molecule has 4 rings (SSSR count). The normalized spacial score (nSPS) is 20.1. The van der Waals surface area contributed by atoms with E-state index in [9.17, 15) is 4.79 Å². The molecule has 2 aliphatic rings. The first-order chi connectivity index (χ1) is 12.2. The van der Waals surface area contributed by atoms with E-state index in [1.165, 1.54) is 4.90 Å². The molecule has 140 valence electrons. The third-order valence-electron chi connectivity index (χ3n) is 4.74. The summed E-state index contributed by atoms with van der Waals surface area (Å²) in [6.07, 6.45) is 4.67. The molecule has 1 amide bonds. The molecular formula is C17H21Cl2N5OS. The number of thioether (sulfide) groups is 1. The van der Waals surface area contributed by atoms with Crippen LogP contribution in [0.4, 0.5) is 0 Å². The fraction of sp³-hybridized carbons (Fsp3) is 0.471. The molecule has 1 unspecified atom stereocenters. The Balaban J connectivity index is 0.00000196. The van der Waals surface area contributed by atoms with E-state index < -0.39 is 0 Å². The summed E-state index contributed by atoms with van der Waals surface area (Å²) in [5.74, 6) is 0.796. The molecule has 1 aromatic carbocycles. The second kappa shape index (κ2) is 8.61. The molecular weight excluding hydrogens is 393 g/mol. The molecule has 26 heavy (non-hydrogen) atoms. The van der Waals surface area contributed by atoms with Crippen LogP contribution in [0.25, 0.3) is 0 Å². The molecule has 0 spiro atoms.